The average molecular weight is 282 g/mol. The molecule has 16 heavy (non-hydrogen) atoms. The zero-order chi connectivity index (χ0) is 11.4. The lowest BCUT2D eigenvalue weighted by Gasteiger charge is -2.02. The normalized spacial score (nSPS) is 10.1. The molecule has 0 aliphatic carbocycles. The Morgan fingerprint density at radius 3 is 3.06 bits per heavy atom. The van der Waals surface area contributed by atoms with E-state index >= 15 is 0 Å². The Hall–Kier alpha value is -1.76. The number of hydrogen-bond acceptors (Lipinski definition) is 4. The van der Waals surface area contributed by atoms with Crippen LogP contribution in [-0.4, -0.2) is 26.5 Å². The van der Waals surface area contributed by atoms with Crippen molar-refractivity contribution in [2.45, 2.75) is 6.54 Å². The Bertz CT molecular complexity index is 484. The van der Waals surface area contributed by atoms with Crippen LogP contribution in [-0.2, 0) is 6.54 Å². The van der Waals surface area contributed by atoms with Gasteiger partial charge in [0.1, 0.15) is 0 Å². The number of aromatic nitrogens is 4. The smallest absolute Gasteiger partial charge is 0.293 e. The molecule has 0 fully saturated rings. The average Bonchev–Trinajstić information content (AvgIpc) is 2.79. The molecule has 1 aromatic carbocycles. The fraction of sp³-hybridized carbons (Fsp3) is 0.111. The SMILES string of the molecule is O=C(NCc1cccc(Br)c1)c1nn[nH]n1. The number of tetrazole rings is 1. The summed E-state index contributed by atoms with van der Waals surface area (Å²) in [6, 6.07) is 7.67. The number of H-pyrrole nitrogens is 1. The van der Waals surface area contributed by atoms with E-state index in [1.807, 2.05) is 24.3 Å². The number of nitrogens with one attached hydrogen (secondary N) is 2. The first-order chi connectivity index (χ1) is 7.75. The van der Waals surface area contributed by atoms with Crippen molar-refractivity contribution in [1.82, 2.24) is 25.9 Å². The number of rotatable bonds is 3. The van der Waals surface area contributed by atoms with Crippen LogP contribution in [0.15, 0.2) is 28.7 Å². The summed E-state index contributed by atoms with van der Waals surface area (Å²) >= 11 is 3.36. The standard InChI is InChI=1S/C9H8BrN5O/c10-7-3-1-2-6(4-7)5-11-9(16)8-12-14-15-13-8/h1-4H,5H2,(H,11,16)(H,12,13,14,15). The van der Waals surface area contributed by atoms with Crippen molar-refractivity contribution < 1.29 is 4.79 Å². The van der Waals surface area contributed by atoms with Crippen LogP contribution in [0.4, 0.5) is 0 Å². The van der Waals surface area contributed by atoms with Gasteiger partial charge in [-0.25, -0.2) is 0 Å². The van der Waals surface area contributed by atoms with Crippen LogP contribution >= 0.6 is 15.9 Å². The molecule has 7 heteroatoms. The quantitative estimate of drug-likeness (QED) is 0.875. The molecule has 1 amide bonds. The minimum Gasteiger partial charge on any atom is -0.345 e. The van der Waals surface area contributed by atoms with Gasteiger partial charge in [-0.2, -0.15) is 5.21 Å². The number of halogens is 1. The summed E-state index contributed by atoms with van der Waals surface area (Å²) in [4.78, 5) is 11.5. The highest BCUT2D eigenvalue weighted by molar-refractivity contribution is 9.10. The number of carbonyl (C=O) groups is 1. The first kappa shape index (κ1) is 10.7. The van der Waals surface area contributed by atoms with Crippen molar-refractivity contribution in [3.05, 3.63) is 40.1 Å². The minimum absolute atomic E-state index is 0.0370. The molecule has 0 saturated heterocycles. The Balaban J connectivity index is 1.95. The van der Waals surface area contributed by atoms with Gasteiger partial charge in [0.25, 0.3) is 11.7 Å². The van der Waals surface area contributed by atoms with Crippen LogP contribution in [0.2, 0.25) is 0 Å². The topological polar surface area (TPSA) is 83.6 Å². The summed E-state index contributed by atoms with van der Waals surface area (Å²) < 4.78 is 0.971. The van der Waals surface area contributed by atoms with Gasteiger partial charge in [0, 0.05) is 11.0 Å². The molecule has 6 nitrogen and oxygen atoms in total. The van der Waals surface area contributed by atoms with E-state index in [0.29, 0.717) is 6.54 Å². The largest absolute Gasteiger partial charge is 0.345 e. The Kier molecular flexibility index (Phi) is 3.25. The summed E-state index contributed by atoms with van der Waals surface area (Å²) in [7, 11) is 0. The van der Waals surface area contributed by atoms with Gasteiger partial charge in [0.2, 0.25) is 0 Å². The number of amides is 1. The third-order valence-electron chi connectivity index (χ3n) is 1.89. The fourth-order valence-corrected chi connectivity index (χ4v) is 1.61. The van der Waals surface area contributed by atoms with Crippen molar-refractivity contribution in [1.29, 1.82) is 0 Å². The molecule has 0 radical (unpaired) electrons. The van der Waals surface area contributed by atoms with Crippen molar-refractivity contribution in [2.24, 2.45) is 0 Å². The molecular weight excluding hydrogens is 274 g/mol. The highest BCUT2D eigenvalue weighted by Gasteiger charge is 2.09. The number of carbonyl (C=O) groups excluding carboxylic acids is 1. The highest BCUT2D eigenvalue weighted by Crippen LogP contribution is 2.11. The third kappa shape index (κ3) is 2.63. The second-order valence-corrected chi connectivity index (χ2v) is 3.96. The first-order valence-corrected chi connectivity index (χ1v) is 5.31. The van der Waals surface area contributed by atoms with Gasteiger partial charge < -0.3 is 5.32 Å². The lowest BCUT2D eigenvalue weighted by molar-refractivity contribution is 0.0940. The van der Waals surface area contributed by atoms with Gasteiger partial charge in [-0.3, -0.25) is 4.79 Å². The fourth-order valence-electron chi connectivity index (χ4n) is 1.17. The van der Waals surface area contributed by atoms with Gasteiger partial charge in [-0.05, 0) is 22.9 Å². The molecule has 0 aliphatic heterocycles. The monoisotopic (exact) mass is 281 g/mol. The molecule has 82 valence electrons. The zero-order valence-corrected chi connectivity index (χ0v) is 9.73. The van der Waals surface area contributed by atoms with Crippen molar-refractivity contribution in [3.8, 4) is 0 Å². The van der Waals surface area contributed by atoms with E-state index < -0.39 is 0 Å². The lowest BCUT2D eigenvalue weighted by Crippen LogP contribution is -2.24. The molecule has 2 rings (SSSR count). The van der Waals surface area contributed by atoms with E-state index in [1.54, 1.807) is 0 Å². The number of aromatic amines is 1. The number of nitrogens with zero attached hydrogens (tertiary/aromatic N) is 3. The third-order valence-corrected chi connectivity index (χ3v) is 2.38. The summed E-state index contributed by atoms with van der Waals surface area (Å²) in [5, 5.41) is 15.4. The minimum atomic E-state index is -0.353. The van der Waals surface area contributed by atoms with Crippen LogP contribution in [0.25, 0.3) is 0 Å². The first-order valence-electron chi connectivity index (χ1n) is 4.52. The van der Waals surface area contributed by atoms with Crippen LogP contribution in [0, 0.1) is 0 Å². The van der Waals surface area contributed by atoms with Crippen LogP contribution in [0.1, 0.15) is 16.2 Å². The summed E-state index contributed by atoms with van der Waals surface area (Å²) in [6.07, 6.45) is 0. The summed E-state index contributed by atoms with van der Waals surface area (Å²) in [5.41, 5.74) is 0.992. The van der Waals surface area contributed by atoms with Gasteiger partial charge in [-0.15, -0.1) is 10.2 Å². The van der Waals surface area contributed by atoms with Gasteiger partial charge in [0.15, 0.2) is 0 Å². The summed E-state index contributed by atoms with van der Waals surface area (Å²) in [6.45, 7) is 0.423. The lowest BCUT2D eigenvalue weighted by atomic mass is 10.2. The molecular formula is C9H8BrN5O. The van der Waals surface area contributed by atoms with Crippen LogP contribution in [0.3, 0.4) is 0 Å². The van der Waals surface area contributed by atoms with E-state index in [0.717, 1.165) is 10.0 Å². The number of hydrogen-bond donors (Lipinski definition) is 2. The summed E-state index contributed by atoms with van der Waals surface area (Å²) in [5.74, 6) is -0.316. The molecule has 2 N–H and O–H groups in total. The molecule has 0 spiro atoms. The maximum absolute atomic E-state index is 11.5. The molecule has 0 aliphatic rings. The molecule has 0 bridgehead atoms. The molecule has 1 aromatic heterocycles. The predicted octanol–water partition coefficient (Wildman–Crippen LogP) is 0.892. The van der Waals surface area contributed by atoms with E-state index in [4.69, 9.17) is 0 Å². The van der Waals surface area contributed by atoms with E-state index in [9.17, 15) is 4.79 Å². The maximum atomic E-state index is 11.5. The van der Waals surface area contributed by atoms with Crippen molar-refractivity contribution >= 4 is 21.8 Å². The Morgan fingerprint density at radius 1 is 1.50 bits per heavy atom. The number of benzene rings is 1. The molecule has 1 heterocycles. The molecule has 0 saturated carbocycles. The van der Waals surface area contributed by atoms with Crippen molar-refractivity contribution in [3.63, 3.8) is 0 Å². The predicted molar refractivity (Wildman–Crippen MR) is 59.5 cm³/mol. The van der Waals surface area contributed by atoms with Gasteiger partial charge in [0.05, 0.1) is 0 Å². The molecule has 0 unspecified atom stereocenters. The van der Waals surface area contributed by atoms with E-state index in [2.05, 4.69) is 41.9 Å². The zero-order valence-electron chi connectivity index (χ0n) is 8.14. The van der Waals surface area contributed by atoms with E-state index in [-0.39, 0.29) is 11.7 Å². The second kappa shape index (κ2) is 4.84. The highest BCUT2D eigenvalue weighted by atomic mass is 79.9. The van der Waals surface area contributed by atoms with Crippen LogP contribution in [0.5, 0.6) is 0 Å². The van der Waals surface area contributed by atoms with Gasteiger partial charge >= 0.3 is 0 Å². The van der Waals surface area contributed by atoms with E-state index in [1.165, 1.54) is 0 Å². The molecule has 0 atom stereocenters. The van der Waals surface area contributed by atoms with Gasteiger partial charge in [-0.1, -0.05) is 28.1 Å². The Labute approximate surface area is 99.6 Å². The molecule has 2 aromatic rings. The van der Waals surface area contributed by atoms with Crippen LogP contribution < -0.4 is 5.32 Å². The Morgan fingerprint density at radius 2 is 2.38 bits per heavy atom. The second-order valence-electron chi connectivity index (χ2n) is 3.05. The van der Waals surface area contributed by atoms with Crippen molar-refractivity contribution in [2.75, 3.05) is 0 Å². The maximum Gasteiger partial charge on any atom is 0.293 e.